The zero-order chi connectivity index (χ0) is 13.5. The molecule has 0 radical (unpaired) electrons. The largest absolute Gasteiger partial charge is 0.343 e. The Labute approximate surface area is 122 Å². The summed E-state index contributed by atoms with van der Waals surface area (Å²) in [7, 11) is 0. The van der Waals surface area contributed by atoms with Gasteiger partial charge < -0.3 is 4.98 Å². The van der Waals surface area contributed by atoms with Crippen molar-refractivity contribution in [2.75, 3.05) is 0 Å². The third kappa shape index (κ3) is 1.78. The molecule has 2 nitrogen and oxygen atoms in total. The van der Waals surface area contributed by atoms with Crippen LogP contribution in [0.15, 0.2) is 42.5 Å². The van der Waals surface area contributed by atoms with Crippen molar-refractivity contribution < 1.29 is 0 Å². The second-order valence-corrected chi connectivity index (χ2v) is 5.61. The molecule has 20 heavy (non-hydrogen) atoms. The molecule has 98 valence electrons. The second kappa shape index (κ2) is 4.53. The lowest BCUT2D eigenvalue weighted by molar-refractivity contribution is 0.899. The van der Waals surface area contributed by atoms with Crippen LogP contribution < -0.4 is 0 Å². The Balaban J connectivity index is 2.01. The van der Waals surface area contributed by atoms with Gasteiger partial charge in [0.2, 0.25) is 0 Å². The van der Waals surface area contributed by atoms with Crippen molar-refractivity contribution in [2.24, 2.45) is 0 Å². The number of hydrogen-bond donors (Lipinski definition) is 1. The summed E-state index contributed by atoms with van der Waals surface area (Å²) in [6.45, 7) is 0. The zero-order valence-electron chi connectivity index (χ0n) is 11.0. The van der Waals surface area contributed by atoms with E-state index in [0.29, 0.717) is 0 Å². The number of nitrogens with zero attached hydrogens (tertiary/aromatic N) is 1. The van der Waals surface area contributed by atoms with Crippen LogP contribution in [-0.4, -0.2) is 9.97 Å². The first kappa shape index (κ1) is 11.8. The molecule has 3 aromatic rings. The molecule has 1 heterocycles. The molecular weight excluding hydrogens is 264 g/mol. The summed E-state index contributed by atoms with van der Waals surface area (Å²) >= 11 is 5.46. The van der Waals surface area contributed by atoms with E-state index in [0.717, 1.165) is 28.9 Å². The quantitative estimate of drug-likeness (QED) is 0.666. The molecule has 1 aliphatic rings. The fraction of sp³-hybridized carbons (Fsp3) is 0.176. The van der Waals surface area contributed by atoms with E-state index in [1.165, 1.54) is 28.5 Å². The van der Waals surface area contributed by atoms with Gasteiger partial charge in [-0.15, -0.1) is 0 Å². The Morgan fingerprint density at radius 2 is 1.85 bits per heavy atom. The third-order valence-corrected chi connectivity index (χ3v) is 4.34. The number of hydrogen-bond acceptors (Lipinski definition) is 2. The number of aromatic amines is 1. The topological polar surface area (TPSA) is 28.7 Å². The molecule has 0 atom stereocenters. The summed E-state index contributed by atoms with van der Waals surface area (Å²) in [5, 5.41) is 2.44. The number of aryl methyl sites for hydroxylation is 1. The normalized spacial score (nSPS) is 13.6. The van der Waals surface area contributed by atoms with Gasteiger partial charge in [-0.2, -0.15) is 0 Å². The lowest BCUT2D eigenvalue weighted by Gasteiger charge is -2.08. The molecule has 0 spiro atoms. The van der Waals surface area contributed by atoms with Gasteiger partial charge in [0.05, 0.1) is 0 Å². The SMILES string of the molecule is S=c1nc(-c2cccc3ccccc23)[nH]c2c1CCC2. The number of benzene rings is 2. The molecule has 4 rings (SSSR count). The van der Waals surface area contributed by atoms with Crippen molar-refractivity contribution >= 4 is 23.0 Å². The highest BCUT2D eigenvalue weighted by Gasteiger charge is 2.16. The van der Waals surface area contributed by atoms with Crippen LogP contribution in [-0.2, 0) is 12.8 Å². The van der Waals surface area contributed by atoms with Gasteiger partial charge in [-0.3, -0.25) is 0 Å². The second-order valence-electron chi connectivity index (χ2n) is 5.23. The van der Waals surface area contributed by atoms with Gasteiger partial charge >= 0.3 is 0 Å². The van der Waals surface area contributed by atoms with E-state index in [1.807, 2.05) is 0 Å². The Morgan fingerprint density at radius 3 is 2.80 bits per heavy atom. The highest BCUT2D eigenvalue weighted by Crippen LogP contribution is 2.28. The maximum atomic E-state index is 5.46. The Morgan fingerprint density at radius 1 is 1.00 bits per heavy atom. The first-order valence-corrected chi connectivity index (χ1v) is 7.34. The summed E-state index contributed by atoms with van der Waals surface area (Å²) < 4.78 is 0.763. The maximum Gasteiger partial charge on any atom is 0.139 e. The highest BCUT2D eigenvalue weighted by molar-refractivity contribution is 7.71. The van der Waals surface area contributed by atoms with E-state index < -0.39 is 0 Å². The van der Waals surface area contributed by atoms with E-state index in [9.17, 15) is 0 Å². The fourth-order valence-electron chi connectivity index (χ4n) is 3.02. The number of nitrogens with one attached hydrogen (secondary N) is 1. The van der Waals surface area contributed by atoms with Crippen molar-refractivity contribution in [1.82, 2.24) is 9.97 Å². The zero-order valence-corrected chi connectivity index (χ0v) is 11.8. The fourth-order valence-corrected chi connectivity index (χ4v) is 3.33. The van der Waals surface area contributed by atoms with Crippen LogP contribution >= 0.6 is 12.2 Å². The first-order valence-electron chi connectivity index (χ1n) is 6.93. The summed E-state index contributed by atoms with van der Waals surface area (Å²) in [4.78, 5) is 8.12. The maximum absolute atomic E-state index is 5.46. The predicted octanol–water partition coefficient (Wildman–Crippen LogP) is 4.45. The molecule has 0 unspecified atom stereocenters. The van der Waals surface area contributed by atoms with Crippen LogP contribution in [0.5, 0.6) is 0 Å². The predicted molar refractivity (Wildman–Crippen MR) is 84.4 cm³/mol. The van der Waals surface area contributed by atoms with E-state index in [4.69, 9.17) is 12.2 Å². The summed E-state index contributed by atoms with van der Waals surface area (Å²) in [5.41, 5.74) is 3.64. The molecule has 0 saturated carbocycles. The molecule has 0 fully saturated rings. The van der Waals surface area contributed by atoms with Gasteiger partial charge in [0.1, 0.15) is 10.5 Å². The third-order valence-electron chi connectivity index (χ3n) is 4.00. The number of aromatic nitrogens is 2. The highest BCUT2D eigenvalue weighted by atomic mass is 32.1. The Kier molecular flexibility index (Phi) is 2.67. The molecule has 2 aromatic carbocycles. The van der Waals surface area contributed by atoms with Gasteiger partial charge in [0, 0.05) is 16.8 Å². The smallest absolute Gasteiger partial charge is 0.139 e. The van der Waals surface area contributed by atoms with Gasteiger partial charge in [-0.1, -0.05) is 54.7 Å². The van der Waals surface area contributed by atoms with E-state index in [1.54, 1.807) is 0 Å². The molecule has 1 aliphatic carbocycles. The van der Waals surface area contributed by atoms with Crippen molar-refractivity contribution in [3.05, 3.63) is 58.4 Å². The lowest BCUT2D eigenvalue weighted by Crippen LogP contribution is -1.97. The molecule has 0 aliphatic heterocycles. The summed E-state index contributed by atoms with van der Waals surface area (Å²) in [5.74, 6) is 0.896. The van der Waals surface area contributed by atoms with Crippen LogP contribution in [0.4, 0.5) is 0 Å². The van der Waals surface area contributed by atoms with Crippen LogP contribution in [0.2, 0.25) is 0 Å². The van der Waals surface area contributed by atoms with Gasteiger partial charge in [0.25, 0.3) is 0 Å². The molecule has 0 amide bonds. The van der Waals surface area contributed by atoms with Gasteiger partial charge in [0.15, 0.2) is 0 Å². The van der Waals surface area contributed by atoms with Crippen LogP contribution in [0, 0.1) is 4.64 Å². The first-order chi connectivity index (χ1) is 9.83. The number of rotatable bonds is 1. The summed E-state index contributed by atoms with van der Waals surface area (Å²) in [6, 6.07) is 14.7. The van der Waals surface area contributed by atoms with E-state index in [2.05, 4.69) is 52.4 Å². The van der Waals surface area contributed by atoms with Crippen molar-refractivity contribution in [1.29, 1.82) is 0 Å². The summed E-state index contributed by atoms with van der Waals surface area (Å²) in [6.07, 6.45) is 3.32. The Bertz CT molecular complexity index is 859. The van der Waals surface area contributed by atoms with Crippen LogP contribution in [0.25, 0.3) is 22.2 Å². The average molecular weight is 278 g/mol. The molecule has 3 heteroatoms. The lowest BCUT2D eigenvalue weighted by atomic mass is 10.0. The van der Waals surface area contributed by atoms with Gasteiger partial charge in [-0.05, 0) is 30.0 Å². The number of fused-ring (bicyclic) bond motifs is 2. The van der Waals surface area contributed by atoms with Gasteiger partial charge in [-0.25, -0.2) is 4.98 Å². The molecule has 1 aromatic heterocycles. The minimum Gasteiger partial charge on any atom is -0.343 e. The van der Waals surface area contributed by atoms with E-state index in [-0.39, 0.29) is 0 Å². The molecule has 0 bridgehead atoms. The van der Waals surface area contributed by atoms with E-state index >= 15 is 0 Å². The molecule has 1 N–H and O–H groups in total. The Hall–Kier alpha value is -2.00. The van der Waals surface area contributed by atoms with Crippen molar-refractivity contribution in [3.8, 4) is 11.4 Å². The van der Waals surface area contributed by atoms with Crippen molar-refractivity contribution in [3.63, 3.8) is 0 Å². The van der Waals surface area contributed by atoms with Crippen LogP contribution in [0.3, 0.4) is 0 Å². The minimum absolute atomic E-state index is 0.763. The number of H-pyrrole nitrogens is 1. The monoisotopic (exact) mass is 278 g/mol. The molecule has 0 saturated heterocycles. The minimum atomic E-state index is 0.763. The van der Waals surface area contributed by atoms with Crippen molar-refractivity contribution in [2.45, 2.75) is 19.3 Å². The average Bonchev–Trinajstić information content (AvgIpc) is 2.95. The standard InChI is InChI=1S/C17H14N2S/c20-17-14-9-4-10-15(14)18-16(19-17)13-8-3-6-11-5-1-2-7-12(11)13/h1-3,5-8H,4,9-10H2,(H,18,19,20). The van der Waals surface area contributed by atoms with Crippen LogP contribution in [0.1, 0.15) is 17.7 Å². The molecular formula is C17H14N2S.